The minimum atomic E-state index is -0.545. The number of hydrogen-bond acceptors (Lipinski definition) is 6. The molecule has 0 unspecified atom stereocenters. The van der Waals surface area contributed by atoms with E-state index >= 15 is 0 Å². The zero-order chi connectivity index (χ0) is 20.0. The van der Waals surface area contributed by atoms with Crippen LogP contribution in [0, 0.1) is 0 Å². The van der Waals surface area contributed by atoms with Crippen LogP contribution in [0.4, 0.5) is 0 Å². The molecule has 1 saturated heterocycles. The summed E-state index contributed by atoms with van der Waals surface area (Å²) in [5.41, 5.74) is 1.97. The number of para-hydroxylation sites is 1. The summed E-state index contributed by atoms with van der Waals surface area (Å²) in [6.07, 6.45) is 0. The second-order valence-corrected chi connectivity index (χ2v) is 7.79. The molecule has 2 rings (SSSR count). The van der Waals surface area contributed by atoms with Crippen LogP contribution in [-0.4, -0.2) is 68.1 Å². The molecule has 0 bridgehead atoms. The average molecular weight is 376 g/mol. The number of hydrogen-bond donors (Lipinski definition) is 0. The SMILES string of the molecule is CC(C)c1cccc(C(C)C)c1OC(=O)COC(=O)CN1CCN(C)CC1. The van der Waals surface area contributed by atoms with Gasteiger partial charge in [0.05, 0.1) is 6.54 Å². The van der Waals surface area contributed by atoms with Crippen LogP contribution >= 0.6 is 0 Å². The van der Waals surface area contributed by atoms with Crippen molar-refractivity contribution in [2.75, 3.05) is 46.4 Å². The van der Waals surface area contributed by atoms with E-state index in [1.54, 1.807) is 0 Å². The van der Waals surface area contributed by atoms with Gasteiger partial charge in [-0.15, -0.1) is 0 Å². The van der Waals surface area contributed by atoms with Crippen LogP contribution in [-0.2, 0) is 14.3 Å². The van der Waals surface area contributed by atoms with Gasteiger partial charge in [0.25, 0.3) is 0 Å². The second-order valence-electron chi connectivity index (χ2n) is 7.79. The van der Waals surface area contributed by atoms with Crippen molar-refractivity contribution >= 4 is 11.9 Å². The van der Waals surface area contributed by atoms with E-state index in [2.05, 4.69) is 39.6 Å². The van der Waals surface area contributed by atoms with E-state index in [0.29, 0.717) is 5.75 Å². The summed E-state index contributed by atoms with van der Waals surface area (Å²) >= 11 is 0. The Morgan fingerprint density at radius 3 is 2.04 bits per heavy atom. The average Bonchev–Trinajstić information content (AvgIpc) is 2.61. The monoisotopic (exact) mass is 376 g/mol. The van der Waals surface area contributed by atoms with Crippen LogP contribution in [0.1, 0.15) is 50.7 Å². The van der Waals surface area contributed by atoms with Gasteiger partial charge in [-0.25, -0.2) is 4.79 Å². The minimum absolute atomic E-state index is 0.209. The zero-order valence-electron chi connectivity index (χ0n) is 17.2. The molecule has 0 aliphatic carbocycles. The highest BCUT2D eigenvalue weighted by atomic mass is 16.6. The lowest BCUT2D eigenvalue weighted by Crippen LogP contribution is -2.46. The minimum Gasteiger partial charge on any atom is -0.453 e. The quantitative estimate of drug-likeness (QED) is 0.539. The van der Waals surface area contributed by atoms with Gasteiger partial charge in [-0.05, 0) is 30.0 Å². The number of nitrogens with zero attached hydrogens (tertiary/aromatic N) is 2. The van der Waals surface area contributed by atoms with Crippen LogP contribution in [0.15, 0.2) is 18.2 Å². The molecule has 0 N–H and O–H groups in total. The smallest absolute Gasteiger partial charge is 0.349 e. The summed E-state index contributed by atoms with van der Waals surface area (Å²) in [4.78, 5) is 28.6. The summed E-state index contributed by atoms with van der Waals surface area (Å²) in [6.45, 7) is 11.6. The van der Waals surface area contributed by atoms with Gasteiger partial charge < -0.3 is 14.4 Å². The van der Waals surface area contributed by atoms with Crippen molar-refractivity contribution in [2.45, 2.75) is 39.5 Å². The molecule has 6 heteroatoms. The molecular formula is C21H32N2O4. The number of carbonyl (C=O) groups is 2. The Morgan fingerprint density at radius 2 is 1.52 bits per heavy atom. The van der Waals surface area contributed by atoms with Gasteiger partial charge in [0.1, 0.15) is 5.75 Å². The first-order valence-electron chi connectivity index (χ1n) is 9.68. The summed E-state index contributed by atoms with van der Waals surface area (Å²) in [5.74, 6) is 0.120. The van der Waals surface area contributed by atoms with E-state index in [1.165, 1.54) is 0 Å². The molecule has 0 radical (unpaired) electrons. The van der Waals surface area contributed by atoms with Gasteiger partial charge in [-0.3, -0.25) is 9.69 Å². The van der Waals surface area contributed by atoms with E-state index in [-0.39, 0.29) is 25.0 Å². The van der Waals surface area contributed by atoms with E-state index < -0.39 is 11.9 Å². The van der Waals surface area contributed by atoms with Crippen molar-refractivity contribution in [1.29, 1.82) is 0 Å². The number of rotatable bonds is 7. The lowest BCUT2D eigenvalue weighted by atomic mass is 9.94. The molecule has 0 aromatic heterocycles. The second kappa shape index (κ2) is 9.85. The third kappa shape index (κ3) is 6.33. The first-order chi connectivity index (χ1) is 12.8. The van der Waals surface area contributed by atoms with Gasteiger partial charge in [0.15, 0.2) is 6.61 Å². The largest absolute Gasteiger partial charge is 0.453 e. The molecule has 0 atom stereocenters. The Morgan fingerprint density at radius 1 is 0.963 bits per heavy atom. The summed E-state index contributed by atoms with van der Waals surface area (Å²) < 4.78 is 10.8. The molecule has 1 aromatic rings. The molecule has 0 saturated carbocycles. The predicted octanol–water partition coefficient (Wildman–Crippen LogP) is 2.63. The van der Waals surface area contributed by atoms with Crippen LogP contribution in [0.3, 0.4) is 0 Å². The van der Waals surface area contributed by atoms with Gasteiger partial charge in [0, 0.05) is 26.2 Å². The van der Waals surface area contributed by atoms with Crippen LogP contribution in [0.2, 0.25) is 0 Å². The molecule has 6 nitrogen and oxygen atoms in total. The van der Waals surface area contributed by atoms with E-state index in [0.717, 1.165) is 37.3 Å². The van der Waals surface area contributed by atoms with Crippen molar-refractivity contribution in [1.82, 2.24) is 9.80 Å². The van der Waals surface area contributed by atoms with Crippen LogP contribution in [0.5, 0.6) is 5.75 Å². The number of esters is 2. The van der Waals surface area contributed by atoms with E-state index in [4.69, 9.17) is 9.47 Å². The highest BCUT2D eigenvalue weighted by Gasteiger charge is 2.20. The topological polar surface area (TPSA) is 59.1 Å². The van der Waals surface area contributed by atoms with Crippen molar-refractivity contribution in [3.63, 3.8) is 0 Å². The van der Waals surface area contributed by atoms with Crippen molar-refractivity contribution in [3.05, 3.63) is 29.3 Å². The molecule has 1 fully saturated rings. The molecule has 0 amide bonds. The van der Waals surface area contributed by atoms with Gasteiger partial charge in [-0.2, -0.15) is 0 Å². The van der Waals surface area contributed by atoms with Crippen molar-refractivity contribution in [3.8, 4) is 5.75 Å². The maximum atomic E-state index is 12.3. The molecule has 1 aliphatic rings. The zero-order valence-corrected chi connectivity index (χ0v) is 17.2. The molecule has 27 heavy (non-hydrogen) atoms. The number of carbonyl (C=O) groups excluding carboxylic acids is 2. The first kappa shape index (κ1) is 21.4. The normalized spacial score (nSPS) is 16.0. The molecule has 0 spiro atoms. The Balaban J connectivity index is 1.91. The molecule has 1 aromatic carbocycles. The summed E-state index contributed by atoms with van der Waals surface area (Å²) in [6, 6.07) is 5.93. The number of likely N-dealkylation sites (N-methyl/N-ethyl adjacent to an activating group) is 1. The van der Waals surface area contributed by atoms with Gasteiger partial charge >= 0.3 is 11.9 Å². The maximum Gasteiger partial charge on any atom is 0.349 e. The maximum absolute atomic E-state index is 12.3. The van der Waals surface area contributed by atoms with Crippen molar-refractivity contribution < 1.29 is 19.1 Å². The standard InChI is InChI=1S/C21H32N2O4/c1-15(2)17-7-6-8-18(16(3)4)21(17)27-20(25)14-26-19(24)13-23-11-9-22(5)10-12-23/h6-8,15-16H,9-14H2,1-5H3. The molecular weight excluding hydrogens is 344 g/mol. The highest BCUT2D eigenvalue weighted by molar-refractivity contribution is 5.79. The van der Waals surface area contributed by atoms with Crippen molar-refractivity contribution in [2.24, 2.45) is 0 Å². The third-order valence-corrected chi connectivity index (χ3v) is 4.84. The van der Waals surface area contributed by atoms with E-state index in [1.807, 2.05) is 23.1 Å². The molecule has 150 valence electrons. The van der Waals surface area contributed by atoms with Gasteiger partial charge in [-0.1, -0.05) is 45.9 Å². The lowest BCUT2D eigenvalue weighted by molar-refractivity contribution is -0.154. The molecule has 1 heterocycles. The van der Waals surface area contributed by atoms with Crippen LogP contribution < -0.4 is 4.74 Å². The summed E-state index contributed by atoms with van der Waals surface area (Å²) in [7, 11) is 2.06. The number of ether oxygens (including phenoxy) is 2. The Hall–Kier alpha value is -1.92. The fourth-order valence-corrected chi connectivity index (χ4v) is 3.12. The summed E-state index contributed by atoms with van der Waals surface area (Å²) in [5, 5.41) is 0. The Kier molecular flexibility index (Phi) is 7.80. The number of piperazine rings is 1. The Labute approximate surface area is 162 Å². The molecule has 1 aliphatic heterocycles. The third-order valence-electron chi connectivity index (χ3n) is 4.84. The van der Waals surface area contributed by atoms with Gasteiger partial charge in [0.2, 0.25) is 0 Å². The Bertz CT molecular complexity index is 623. The number of benzene rings is 1. The lowest BCUT2D eigenvalue weighted by Gasteiger charge is -2.31. The first-order valence-corrected chi connectivity index (χ1v) is 9.68. The fraction of sp³-hybridized carbons (Fsp3) is 0.619. The fourth-order valence-electron chi connectivity index (χ4n) is 3.12. The van der Waals surface area contributed by atoms with Crippen LogP contribution in [0.25, 0.3) is 0 Å². The van der Waals surface area contributed by atoms with E-state index in [9.17, 15) is 9.59 Å². The highest BCUT2D eigenvalue weighted by Crippen LogP contribution is 2.34. The predicted molar refractivity (Wildman–Crippen MR) is 105 cm³/mol.